The molecule has 0 bridgehead atoms. The van der Waals surface area contributed by atoms with Crippen LogP contribution in [0.25, 0.3) is 0 Å². The van der Waals surface area contributed by atoms with Crippen LogP contribution < -0.4 is 5.32 Å². The lowest BCUT2D eigenvalue weighted by Gasteiger charge is -2.23. The molecule has 0 spiro atoms. The summed E-state index contributed by atoms with van der Waals surface area (Å²) in [6, 6.07) is 5.44. The molecule has 5 heteroatoms. The minimum Gasteiger partial charge on any atom is -0.379 e. The average molecular weight is 366 g/mol. The summed E-state index contributed by atoms with van der Waals surface area (Å²) < 4.78 is 6.27. The van der Waals surface area contributed by atoms with Gasteiger partial charge in [0.05, 0.1) is 17.7 Å². The summed E-state index contributed by atoms with van der Waals surface area (Å²) >= 11 is 8.12. The van der Waals surface area contributed by atoms with E-state index in [0.717, 1.165) is 23.0 Å². The van der Waals surface area contributed by atoms with Crippen molar-refractivity contribution in [3.8, 4) is 0 Å². The highest BCUT2D eigenvalue weighted by Gasteiger charge is 2.17. The van der Waals surface area contributed by atoms with Gasteiger partial charge in [0.25, 0.3) is 5.91 Å². The Hall–Kier alpha value is -0.330. The first-order chi connectivity index (χ1) is 8.16. The zero-order valence-electron chi connectivity index (χ0n) is 9.21. The van der Waals surface area contributed by atoms with Crippen LogP contribution in [0.1, 0.15) is 23.2 Å². The van der Waals surface area contributed by atoms with E-state index in [9.17, 15) is 4.79 Å². The van der Waals surface area contributed by atoms with Crippen LogP contribution in [0.4, 0.5) is 0 Å². The van der Waals surface area contributed by atoms with Crippen LogP contribution in [0.3, 0.4) is 0 Å². The highest BCUT2D eigenvalue weighted by atomic mass is 127. The third-order valence-electron chi connectivity index (χ3n) is 2.68. The summed E-state index contributed by atoms with van der Waals surface area (Å²) in [5.41, 5.74) is 0.598. The van der Waals surface area contributed by atoms with Gasteiger partial charge in [0.1, 0.15) is 0 Å². The van der Waals surface area contributed by atoms with Crippen molar-refractivity contribution in [2.75, 3.05) is 13.2 Å². The molecule has 1 aliphatic heterocycles. The molecule has 1 saturated heterocycles. The van der Waals surface area contributed by atoms with E-state index >= 15 is 0 Å². The van der Waals surface area contributed by atoms with Gasteiger partial charge in [-0.05, 0) is 53.6 Å². The molecule has 1 aromatic rings. The molecule has 1 aliphatic rings. The highest BCUT2D eigenvalue weighted by Crippen LogP contribution is 2.19. The van der Waals surface area contributed by atoms with E-state index in [-0.39, 0.29) is 11.9 Å². The molecular formula is C12H13ClINO2. The van der Waals surface area contributed by atoms with Crippen molar-refractivity contribution in [1.29, 1.82) is 0 Å². The van der Waals surface area contributed by atoms with Crippen LogP contribution >= 0.6 is 34.2 Å². The Morgan fingerprint density at radius 3 is 3.00 bits per heavy atom. The van der Waals surface area contributed by atoms with Crippen LogP contribution in [-0.4, -0.2) is 25.2 Å². The number of halogens is 2. The van der Waals surface area contributed by atoms with Crippen molar-refractivity contribution in [3.63, 3.8) is 0 Å². The number of ether oxygens (including phenoxy) is 1. The Labute approximate surface area is 119 Å². The monoisotopic (exact) mass is 365 g/mol. The molecule has 0 aromatic heterocycles. The van der Waals surface area contributed by atoms with Gasteiger partial charge < -0.3 is 10.1 Å². The fourth-order valence-corrected chi connectivity index (χ4v) is 2.28. The lowest BCUT2D eigenvalue weighted by molar-refractivity contribution is 0.0624. The van der Waals surface area contributed by atoms with E-state index in [1.165, 1.54) is 0 Å². The van der Waals surface area contributed by atoms with Gasteiger partial charge >= 0.3 is 0 Å². The Balaban J connectivity index is 2.01. The number of rotatable bonds is 2. The largest absolute Gasteiger partial charge is 0.379 e. The fourth-order valence-electron chi connectivity index (χ4n) is 1.76. The summed E-state index contributed by atoms with van der Waals surface area (Å²) in [7, 11) is 0. The number of carbonyl (C=O) groups is 1. The Kier molecular flexibility index (Phi) is 4.64. The van der Waals surface area contributed by atoms with Crippen molar-refractivity contribution >= 4 is 40.1 Å². The van der Waals surface area contributed by atoms with Crippen molar-refractivity contribution < 1.29 is 9.53 Å². The van der Waals surface area contributed by atoms with Crippen molar-refractivity contribution in [2.24, 2.45) is 0 Å². The Bertz CT molecular complexity index is 419. The lowest BCUT2D eigenvalue weighted by Crippen LogP contribution is -2.40. The normalized spacial score (nSPS) is 20.0. The van der Waals surface area contributed by atoms with Gasteiger partial charge in [-0.2, -0.15) is 0 Å². The minimum absolute atomic E-state index is 0.0844. The second-order valence-electron chi connectivity index (χ2n) is 4.02. The Morgan fingerprint density at radius 2 is 2.35 bits per heavy atom. The predicted molar refractivity (Wildman–Crippen MR) is 75.5 cm³/mol. The number of carbonyl (C=O) groups excluding carboxylic acids is 1. The van der Waals surface area contributed by atoms with Crippen molar-refractivity contribution in [2.45, 2.75) is 18.9 Å². The predicted octanol–water partition coefficient (Wildman–Crippen LogP) is 2.85. The zero-order valence-corrected chi connectivity index (χ0v) is 12.1. The molecule has 1 fully saturated rings. The van der Waals surface area contributed by atoms with Gasteiger partial charge in [0.15, 0.2) is 0 Å². The Morgan fingerprint density at radius 1 is 1.53 bits per heavy atom. The second-order valence-corrected chi connectivity index (χ2v) is 5.59. The first-order valence-corrected chi connectivity index (χ1v) is 6.96. The maximum Gasteiger partial charge on any atom is 0.251 e. The van der Waals surface area contributed by atoms with E-state index in [0.29, 0.717) is 17.2 Å². The maximum atomic E-state index is 11.9. The third kappa shape index (κ3) is 3.56. The molecule has 1 unspecified atom stereocenters. The molecule has 0 radical (unpaired) electrons. The topological polar surface area (TPSA) is 38.3 Å². The first kappa shape index (κ1) is 13.1. The van der Waals surface area contributed by atoms with Crippen molar-refractivity contribution in [1.82, 2.24) is 5.32 Å². The highest BCUT2D eigenvalue weighted by molar-refractivity contribution is 14.1. The molecule has 2 rings (SSSR count). The van der Waals surface area contributed by atoms with Gasteiger partial charge in [-0.1, -0.05) is 11.6 Å². The average Bonchev–Trinajstić information content (AvgIpc) is 2.34. The molecule has 92 valence electrons. The number of nitrogens with one attached hydrogen (secondary N) is 1. The summed E-state index contributed by atoms with van der Waals surface area (Å²) in [6.45, 7) is 1.39. The van der Waals surface area contributed by atoms with Crippen LogP contribution in [0.5, 0.6) is 0 Å². The lowest BCUT2D eigenvalue weighted by atomic mass is 10.1. The van der Waals surface area contributed by atoms with E-state index in [4.69, 9.17) is 16.3 Å². The van der Waals surface area contributed by atoms with E-state index in [2.05, 4.69) is 27.9 Å². The van der Waals surface area contributed by atoms with Gasteiger partial charge in [-0.3, -0.25) is 4.79 Å². The second kappa shape index (κ2) is 6.02. The van der Waals surface area contributed by atoms with Gasteiger partial charge in [-0.25, -0.2) is 0 Å². The number of amides is 1. The summed E-state index contributed by atoms with van der Waals surface area (Å²) in [4.78, 5) is 11.9. The quantitative estimate of drug-likeness (QED) is 0.819. The molecule has 1 amide bonds. The molecule has 1 heterocycles. The number of hydrogen-bond donors (Lipinski definition) is 1. The molecule has 17 heavy (non-hydrogen) atoms. The van der Waals surface area contributed by atoms with Gasteiger partial charge in [0.2, 0.25) is 0 Å². The third-order valence-corrected chi connectivity index (χ3v) is 4.25. The minimum atomic E-state index is -0.0844. The molecule has 3 nitrogen and oxygen atoms in total. The molecule has 1 atom stereocenters. The number of hydrogen-bond acceptors (Lipinski definition) is 2. The van der Waals surface area contributed by atoms with Crippen LogP contribution in [0.2, 0.25) is 5.02 Å². The van der Waals surface area contributed by atoms with Crippen molar-refractivity contribution in [3.05, 3.63) is 32.4 Å². The smallest absolute Gasteiger partial charge is 0.251 e. The molecule has 0 aliphatic carbocycles. The number of benzene rings is 1. The summed E-state index contributed by atoms with van der Waals surface area (Å²) in [5, 5.41) is 3.57. The van der Waals surface area contributed by atoms with Crippen LogP contribution in [0, 0.1) is 3.57 Å². The SMILES string of the molecule is O=C(NC1CCCOC1)c1ccc(I)c(Cl)c1. The van der Waals surface area contributed by atoms with Gasteiger partial charge in [0, 0.05) is 15.7 Å². The van der Waals surface area contributed by atoms with Crippen LogP contribution in [-0.2, 0) is 4.74 Å². The van der Waals surface area contributed by atoms with Crippen LogP contribution in [0.15, 0.2) is 18.2 Å². The molecule has 1 N–H and O–H groups in total. The molecular weight excluding hydrogens is 352 g/mol. The summed E-state index contributed by atoms with van der Waals surface area (Å²) in [6.07, 6.45) is 1.97. The fraction of sp³-hybridized carbons (Fsp3) is 0.417. The summed E-state index contributed by atoms with van der Waals surface area (Å²) in [5.74, 6) is -0.0844. The van der Waals surface area contributed by atoms with E-state index in [1.807, 2.05) is 6.07 Å². The molecule has 1 aromatic carbocycles. The first-order valence-electron chi connectivity index (χ1n) is 5.50. The maximum absolute atomic E-state index is 11.9. The van der Waals surface area contributed by atoms with Gasteiger partial charge in [-0.15, -0.1) is 0 Å². The zero-order chi connectivity index (χ0) is 12.3. The van der Waals surface area contributed by atoms with E-state index < -0.39 is 0 Å². The van der Waals surface area contributed by atoms with E-state index in [1.54, 1.807) is 12.1 Å². The standard InChI is InChI=1S/C12H13ClINO2/c13-10-6-8(3-4-11(10)14)12(16)15-9-2-1-5-17-7-9/h3-4,6,9H,1-2,5,7H2,(H,15,16). The molecule has 0 saturated carbocycles.